The molecule has 14 heavy (non-hydrogen) atoms. The molecular formula is C11H22N2O. The predicted octanol–water partition coefficient (Wildman–Crippen LogP) is 1.17. The molecule has 0 N–H and O–H groups in total. The average molecular weight is 198 g/mol. The van der Waals surface area contributed by atoms with Crippen LogP contribution in [0, 0.1) is 0 Å². The standard InChI is InChI=1S/C11H22N2O/c1-3-5-12-6-8-13(9-7-12)10-11-14-4-2/h4H,2-3,5-11H2,1H3. The molecule has 1 saturated heterocycles. The van der Waals surface area contributed by atoms with Gasteiger partial charge in [0.05, 0.1) is 12.9 Å². The van der Waals surface area contributed by atoms with E-state index in [1.54, 1.807) is 0 Å². The highest BCUT2D eigenvalue weighted by Gasteiger charge is 2.15. The minimum absolute atomic E-state index is 0.775. The van der Waals surface area contributed by atoms with Crippen LogP contribution in [0.5, 0.6) is 0 Å². The Morgan fingerprint density at radius 1 is 1.14 bits per heavy atom. The number of hydrogen-bond acceptors (Lipinski definition) is 3. The Labute approximate surface area is 87.3 Å². The van der Waals surface area contributed by atoms with Gasteiger partial charge in [0.25, 0.3) is 0 Å². The molecule has 3 heteroatoms. The second kappa shape index (κ2) is 6.85. The zero-order valence-corrected chi connectivity index (χ0v) is 9.24. The molecule has 1 aliphatic heterocycles. The number of piperazine rings is 1. The fraction of sp³-hybridized carbons (Fsp3) is 0.818. The summed E-state index contributed by atoms with van der Waals surface area (Å²) in [6.07, 6.45) is 2.78. The average Bonchev–Trinajstić information content (AvgIpc) is 2.21. The molecule has 0 saturated carbocycles. The van der Waals surface area contributed by atoms with Gasteiger partial charge in [-0.15, -0.1) is 0 Å². The highest BCUT2D eigenvalue weighted by molar-refractivity contribution is 4.71. The quantitative estimate of drug-likeness (QED) is 0.471. The van der Waals surface area contributed by atoms with Gasteiger partial charge in [-0.2, -0.15) is 0 Å². The lowest BCUT2D eigenvalue weighted by atomic mass is 10.3. The number of rotatable bonds is 6. The first-order valence-corrected chi connectivity index (χ1v) is 5.54. The topological polar surface area (TPSA) is 15.7 Å². The first kappa shape index (κ1) is 11.5. The van der Waals surface area contributed by atoms with Crippen molar-refractivity contribution in [2.75, 3.05) is 45.9 Å². The lowest BCUT2D eigenvalue weighted by Crippen LogP contribution is -2.47. The van der Waals surface area contributed by atoms with Gasteiger partial charge in [-0.25, -0.2) is 0 Å². The van der Waals surface area contributed by atoms with Crippen molar-refractivity contribution in [2.45, 2.75) is 13.3 Å². The molecule has 1 aliphatic rings. The van der Waals surface area contributed by atoms with Crippen LogP contribution in [-0.4, -0.2) is 55.7 Å². The van der Waals surface area contributed by atoms with Crippen molar-refractivity contribution in [1.29, 1.82) is 0 Å². The van der Waals surface area contributed by atoms with Crippen LogP contribution in [0.3, 0.4) is 0 Å². The molecule has 0 amide bonds. The molecule has 82 valence electrons. The van der Waals surface area contributed by atoms with Crippen molar-refractivity contribution in [3.8, 4) is 0 Å². The summed E-state index contributed by atoms with van der Waals surface area (Å²) in [6.45, 7) is 13.6. The molecular weight excluding hydrogens is 176 g/mol. The van der Waals surface area contributed by atoms with Crippen molar-refractivity contribution in [2.24, 2.45) is 0 Å². The Morgan fingerprint density at radius 3 is 2.21 bits per heavy atom. The van der Waals surface area contributed by atoms with Crippen LogP contribution in [0.25, 0.3) is 0 Å². The van der Waals surface area contributed by atoms with E-state index >= 15 is 0 Å². The Balaban J connectivity index is 2.06. The van der Waals surface area contributed by atoms with E-state index in [2.05, 4.69) is 23.3 Å². The van der Waals surface area contributed by atoms with Crippen LogP contribution in [-0.2, 0) is 4.74 Å². The van der Waals surface area contributed by atoms with Crippen molar-refractivity contribution in [1.82, 2.24) is 9.80 Å². The fourth-order valence-electron chi connectivity index (χ4n) is 1.82. The highest BCUT2D eigenvalue weighted by Crippen LogP contribution is 2.01. The van der Waals surface area contributed by atoms with Gasteiger partial charge in [0.15, 0.2) is 0 Å². The smallest absolute Gasteiger partial charge is 0.0999 e. The first-order valence-electron chi connectivity index (χ1n) is 5.54. The lowest BCUT2D eigenvalue weighted by Gasteiger charge is -2.34. The molecule has 1 rings (SSSR count). The Kier molecular flexibility index (Phi) is 5.64. The first-order chi connectivity index (χ1) is 6.86. The third-order valence-corrected chi connectivity index (χ3v) is 2.65. The number of nitrogens with zero attached hydrogens (tertiary/aromatic N) is 2. The molecule has 0 spiro atoms. The van der Waals surface area contributed by atoms with Gasteiger partial charge < -0.3 is 9.64 Å². The Bertz CT molecular complexity index is 153. The molecule has 0 aromatic rings. The molecule has 0 atom stereocenters. The molecule has 0 unspecified atom stereocenters. The van der Waals surface area contributed by atoms with Gasteiger partial charge in [0.1, 0.15) is 0 Å². The molecule has 0 radical (unpaired) electrons. The largest absolute Gasteiger partial charge is 0.500 e. The van der Waals surface area contributed by atoms with Gasteiger partial charge in [0, 0.05) is 32.7 Å². The van der Waals surface area contributed by atoms with E-state index in [1.165, 1.54) is 45.4 Å². The van der Waals surface area contributed by atoms with E-state index in [1.807, 2.05) is 0 Å². The summed E-state index contributed by atoms with van der Waals surface area (Å²) in [5.41, 5.74) is 0. The van der Waals surface area contributed by atoms with Gasteiger partial charge >= 0.3 is 0 Å². The maximum atomic E-state index is 5.12. The number of hydrogen-bond donors (Lipinski definition) is 0. The van der Waals surface area contributed by atoms with Crippen LogP contribution in [0.1, 0.15) is 13.3 Å². The van der Waals surface area contributed by atoms with Crippen molar-refractivity contribution >= 4 is 0 Å². The third kappa shape index (κ3) is 4.11. The minimum atomic E-state index is 0.775. The Morgan fingerprint density at radius 2 is 1.71 bits per heavy atom. The van der Waals surface area contributed by atoms with Crippen LogP contribution >= 0.6 is 0 Å². The summed E-state index contributed by atoms with van der Waals surface area (Å²) >= 11 is 0. The summed E-state index contributed by atoms with van der Waals surface area (Å²) in [6, 6.07) is 0. The van der Waals surface area contributed by atoms with E-state index in [-0.39, 0.29) is 0 Å². The second-order valence-electron chi connectivity index (χ2n) is 3.72. The van der Waals surface area contributed by atoms with Crippen LogP contribution < -0.4 is 0 Å². The van der Waals surface area contributed by atoms with Crippen LogP contribution in [0.15, 0.2) is 12.8 Å². The maximum absolute atomic E-state index is 5.12. The second-order valence-corrected chi connectivity index (χ2v) is 3.72. The maximum Gasteiger partial charge on any atom is 0.0999 e. The van der Waals surface area contributed by atoms with Crippen LogP contribution in [0.4, 0.5) is 0 Å². The summed E-state index contributed by atoms with van der Waals surface area (Å²) in [4.78, 5) is 4.99. The molecule has 3 nitrogen and oxygen atoms in total. The predicted molar refractivity (Wildman–Crippen MR) is 59.3 cm³/mol. The van der Waals surface area contributed by atoms with Crippen molar-refractivity contribution in [3.05, 3.63) is 12.8 Å². The summed E-state index contributed by atoms with van der Waals surface area (Å²) in [5, 5.41) is 0. The van der Waals surface area contributed by atoms with E-state index in [0.717, 1.165) is 13.2 Å². The van der Waals surface area contributed by atoms with E-state index in [9.17, 15) is 0 Å². The molecule has 0 aliphatic carbocycles. The van der Waals surface area contributed by atoms with Crippen molar-refractivity contribution < 1.29 is 4.74 Å². The minimum Gasteiger partial charge on any atom is -0.500 e. The van der Waals surface area contributed by atoms with E-state index < -0.39 is 0 Å². The monoisotopic (exact) mass is 198 g/mol. The van der Waals surface area contributed by atoms with Crippen molar-refractivity contribution in [3.63, 3.8) is 0 Å². The zero-order chi connectivity index (χ0) is 10.2. The Hall–Kier alpha value is -0.540. The fourth-order valence-corrected chi connectivity index (χ4v) is 1.82. The third-order valence-electron chi connectivity index (χ3n) is 2.65. The molecule has 0 bridgehead atoms. The van der Waals surface area contributed by atoms with Gasteiger partial charge in [-0.3, -0.25) is 4.90 Å². The van der Waals surface area contributed by atoms with E-state index in [4.69, 9.17) is 4.74 Å². The zero-order valence-electron chi connectivity index (χ0n) is 9.24. The van der Waals surface area contributed by atoms with Gasteiger partial charge in [-0.1, -0.05) is 13.5 Å². The SMILES string of the molecule is C=COCCN1CCN(CCC)CC1. The summed E-state index contributed by atoms with van der Waals surface area (Å²) < 4.78 is 5.12. The van der Waals surface area contributed by atoms with Crippen LogP contribution in [0.2, 0.25) is 0 Å². The molecule has 0 aromatic heterocycles. The summed E-state index contributed by atoms with van der Waals surface area (Å²) in [7, 11) is 0. The normalized spacial score (nSPS) is 19.5. The molecule has 0 aromatic carbocycles. The molecule has 1 fully saturated rings. The molecule has 1 heterocycles. The lowest BCUT2D eigenvalue weighted by molar-refractivity contribution is 0.108. The van der Waals surface area contributed by atoms with Gasteiger partial charge in [0.2, 0.25) is 0 Å². The van der Waals surface area contributed by atoms with Gasteiger partial charge in [-0.05, 0) is 13.0 Å². The highest BCUT2D eigenvalue weighted by atomic mass is 16.5. The van der Waals surface area contributed by atoms with E-state index in [0.29, 0.717) is 0 Å². The summed E-state index contributed by atoms with van der Waals surface area (Å²) in [5.74, 6) is 0. The number of ether oxygens (including phenoxy) is 1.